The Hall–Kier alpha value is -0.126. The largest absolute Gasteiger partial charge is 0.500 e. The van der Waals surface area contributed by atoms with Crippen molar-refractivity contribution in [3.63, 3.8) is 0 Å². The lowest BCUT2D eigenvalue weighted by molar-refractivity contribution is 0.0699. The maximum Gasteiger partial charge on any atom is 0.500 e. The molecular weight excluding hydrogens is 669 g/mol. The van der Waals surface area contributed by atoms with E-state index in [2.05, 4.69) is 19.6 Å². The molecule has 4 aliphatic rings. The minimum atomic E-state index is -2.49. The van der Waals surface area contributed by atoms with Crippen molar-refractivity contribution in [2.24, 2.45) is 0 Å². The van der Waals surface area contributed by atoms with Crippen molar-refractivity contribution in [2.45, 2.75) is 70.8 Å². The van der Waals surface area contributed by atoms with Gasteiger partial charge in [-0.15, -0.1) is 0 Å². The van der Waals surface area contributed by atoms with Crippen LogP contribution in [0.3, 0.4) is 0 Å². The molecule has 0 aromatic rings. The van der Waals surface area contributed by atoms with Gasteiger partial charge in [0.05, 0.1) is 39.8 Å². The molecule has 49 heavy (non-hydrogen) atoms. The molecule has 0 N–H and O–H groups in total. The van der Waals surface area contributed by atoms with Crippen molar-refractivity contribution in [1.29, 1.82) is 0 Å². The van der Waals surface area contributed by atoms with E-state index in [9.17, 15) is 0 Å². The van der Waals surface area contributed by atoms with E-state index in [1.54, 1.807) is 21.3 Å². The van der Waals surface area contributed by atoms with E-state index in [1.165, 1.54) is 0 Å². The zero-order valence-corrected chi connectivity index (χ0v) is 33.7. The summed E-state index contributed by atoms with van der Waals surface area (Å²) in [7, 11) is 0.131. The van der Waals surface area contributed by atoms with Crippen molar-refractivity contribution in [1.82, 2.24) is 19.6 Å². The van der Waals surface area contributed by atoms with Crippen molar-refractivity contribution < 1.29 is 45.5 Å². The monoisotopic (exact) mass is 738 g/mol. The zero-order valence-electron chi connectivity index (χ0n) is 31.7. The van der Waals surface area contributed by atoms with Crippen LogP contribution in [0.25, 0.3) is 0 Å². The maximum atomic E-state index is 5.94. The van der Waals surface area contributed by atoms with E-state index in [0.717, 1.165) is 143 Å². The van der Waals surface area contributed by atoms with Crippen LogP contribution in [0.2, 0.25) is 12.1 Å². The Morgan fingerprint density at radius 1 is 0.531 bits per heavy atom. The van der Waals surface area contributed by atoms with Crippen LogP contribution in [0.4, 0.5) is 0 Å². The predicted octanol–water partition coefficient (Wildman–Crippen LogP) is 2.44. The normalized spacial score (nSPS) is 22.2. The van der Waals surface area contributed by atoms with Crippen LogP contribution < -0.4 is 0 Å². The smallest absolute Gasteiger partial charge is 0.379 e. The lowest BCUT2D eigenvalue weighted by Gasteiger charge is -2.29. The first kappa shape index (κ1) is 43.3. The van der Waals surface area contributed by atoms with Crippen molar-refractivity contribution >= 4 is 17.6 Å². The Labute approximate surface area is 299 Å². The average molecular weight is 739 g/mol. The molecule has 4 rings (SSSR count). The van der Waals surface area contributed by atoms with Gasteiger partial charge >= 0.3 is 17.6 Å². The Kier molecular flexibility index (Phi) is 22.1. The summed E-state index contributed by atoms with van der Waals surface area (Å²) >= 11 is 0. The molecule has 0 amide bonds. The van der Waals surface area contributed by atoms with Gasteiger partial charge in [0.15, 0.2) is 0 Å². The minimum Gasteiger partial charge on any atom is -0.379 e. The van der Waals surface area contributed by atoms with Crippen LogP contribution >= 0.6 is 0 Å². The van der Waals surface area contributed by atoms with Gasteiger partial charge in [-0.3, -0.25) is 19.6 Å². The van der Waals surface area contributed by atoms with Crippen LogP contribution in [-0.4, -0.2) is 196 Å². The number of ether oxygens (including phenoxy) is 4. The van der Waals surface area contributed by atoms with Crippen LogP contribution in [-0.2, 0) is 45.5 Å². The fourth-order valence-electron chi connectivity index (χ4n) is 6.28. The fraction of sp³-hybridized carbons (Fsp3) is 1.00. The molecule has 0 aliphatic carbocycles. The minimum absolute atomic E-state index is 0.373. The van der Waals surface area contributed by atoms with Crippen LogP contribution in [0.15, 0.2) is 0 Å². The van der Waals surface area contributed by atoms with Gasteiger partial charge in [0.2, 0.25) is 0 Å². The first-order valence-electron chi connectivity index (χ1n) is 18.8. The summed E-state index contributed by atoms with van der Waals surface area (Å²) < 4.78 is 55.7. The molecule has 290 valence electrons. The highest BCUT2D eigenvalue weighted by Gasteiger charge is 2.40. The lowest BCUT2D eigenvalue weighted by Crippen LogP contribution is -2.46. The Morgan fingerprint density at radius 3 is 1.20 bits per heavy atom. The number of hydrogen-bond donors (Lipinski definition) is 0. The first-order valence-corrected chi connectivity index (χ1v) is 22.6. The first-order chi connectivity index (χ1) is 23.9. The summed E-state index contributed by atoms with van der Waals surface area (Å²) in [5.41, 5.74) is 0. The van der Waals surface area contributed by atoms with Gasteiger partial charge in [0.1, 0.15) is 12.2 Å². The summed E-state index contributed by atoms with van der Waals surface area (Å²) in [6.07, 6.45) is 5.03. The molecule has 0 bridgehead atoms. The SMILES string of the molecule is CCO[Si](CCCN1CCN(CCCOCC2CO2)C1)(OCC)OCC.CO[Si](CCCN1CCN(CCCOCC2CO2)C1)(OC)OC. The molecular formula is C33H70N4O10Si2. The molecule has 0 aromatic carbocycles. The van der Waals surface area contributed by atoms with E-state index in [4.69, 9.17) is 45.5 Å². The molecule has 4 saturated heterocycles. The van der Waals surface area contributed by atoms with Crippen molar-refractivity contribution in [3.05, 3.63) is 0 Å². The number of nitrogens with zero attached hydrogens (tertiary/aromatic N) is 4. The molecule has 16 heteroatoms. The van der Waals surface area contributed by atoms with Gasteiger partial charge in [-0.25, -0.2) is 0 Å². The molecule has 2 atom stereocenters. The highest BCUT2D eigenvalue weighted by Crippen LogP contribution is 2.20. The third kappa shape index (κ3) is 18.0. The predicted molar refractivity (Wildman–Crippen MR) is 193 cm³/mol. The van der Waals surface area contributed by atoms with Gasteiger partial charge < -0.3 is 45.5 Å². The van der Waals surface area contributed by atoms with Crippen LogP contribution in [0.1, 0.15) is 46.5 Å². The van der Waals surface area contributed by atoms with Gasteiger partial charge in [-0.1, -0.05) is 0 Å². The summed E-state index contributed by atoms with van der Waals surface area (Å²) in [4.78, 5) is 10.0. The molecule has 4 fully saturated rings. The molecule has 0 saturated carbocycles. The highest BCUT2D eigenvalue weighted by molar-refractivity contribution is 6.61. The molecule has 14 nitrogen and oxygen atoms in total. The molecule has 4 heterocycles. The maximum absolute atomic E-state index is 5.94. The van der Waals surface area contributed by atoms with Gasteiger partial charge in [-0.2, -0.15) is 0 Å². The van der Waals surface area contributed by atoms with E-state index >= 15 is 0 Å². The van der Waals surface area contributed by atoms with E-state index in [1.807, 2.05) is 20.8 Å². The van der Waals surface area contributed by atoms with Gasteiger partial charge in [0.25, 0.3) is 0 Å². The van der Waals surface area contributed by atoms with Crippen LogP contribution in [0, 0.1) is 0 Å². The lowest BCUT2D eigenvalue weighted by atomic mass is 10.4. The molecule has 4 aliphatic heterocycles. The summed E-state index contributed by atoms with van der Waals surface area (Å²) in [5.74, 6) is 0. The Balaban J connectivity index is 0.000000267. The van der Waals surface area contributed by atoms with E-state index in [0.29, 0.717) is 32.0 Å². The number of rotatable bonds is 29. The summed E-state index contributed by atoms with van der Waals surface area (Å²) in [5, 5.41) is 0. The topological polar surface area (TPSA) is 112 Å². The fourth-order valence-corrected chi connectivity index (χ4v) is 10.6. The van der Waals surface area contributed by atoms with Gasteiger partial charge in [0, 0.05) is 106 Å². The second-order valence-electron chi connectivity index (χ2n) is 13.0. The third-order valence-corrected chi connectivity index (χ3v) is 15.1. The molecule has 2 unspecified atom stereocenters. The van der Waals surface area contributed by atoms with E-state index < -0.39 is 17.6 Å². The molecule has 0 radical (unpaired) electrons. The molecule has 0 aromatic heterocycles. The number of hydrogen-bond acceptors (Lipinski definition) is 14. The number of epoxide rings is 2. The average Bonchev–Trinajstić information content (AvgIpc) is 4.03. The Morgan fingerprint density at radius 2 is 0.878 bits per heavy atom. The Bertz CT molecular complexity index is 807. The van der Waals surface area contributed by atoms with Crippen molar-refractivity contribution in [3.8, 4) is 0 Å². The highest BCUT2D eigenvalue weighted by atomic mass is 28.4. The third-order valence-electron chi connectivity index (χ3n) is 9.14. The van der Waals surface area contributed by atoms with Gasteiger partial charge in [-0.05, 0) is 59.5 Å². The van der Waals surface area contributed by atoms with Crippen molar-refractivity contribution in [2.75, 3.05) is 146 Å². The van der Waals surface area contributed by atoms with Crippen LogP contribution in [0.5, 0.6) is 0 Å². The second-order valence-corrected chi connectivity index (χ2v) is 18.8. The quantitative estimate of drug-likeness (QED) is 0.0637. The second kappa shape index (κ2) is 25.0. The summed E-state index contributed by atoms with van der Waals surface area (Å²) in [6, 6.07) is 1.76. The summed E-state index contributed by atoms with van der Waals surface area (Å²) in [6.45, 7) is 24.0. The zero-order chi connectivity index (χ0) is 35.2. The standard InChI is InChI=1S/C18H38N2O5Si.C15H32N2O5Si/c1-4-23-26(24-5-2,25-6-3)14-8-10-20-12-11-19(17-20)9-7-13-21-15-18-16-22-18;1-18-23(19-2,20-3)11-5-7-17-9-8-16(14-17)6-4-10-21-12-15-13-22-15/h18H,4-17H2,1-3H3;15H,4-14H2,1-3H3. The molecule has 0 spiro atoms. The van der Waals surface area contributed by atoms with E-state index in [-0.39, 0.29) is 0 Å².